The Morgan fingerprint density at radius 2 is 1.88 bits per heavy atom. The van der Waals surface area contributed by atoms with Gasteiger partial charge < -0.3 is 15.3 Å². The SMILES string of the molecule is O=C(O)[C@H]1CC[C@@H](C(=O)N2CCCNCC2)C1. The fraction of sp³-hybridized carbons (Fsp3) is 0.833. The van der Waals surface area contributed by atoms with E-state index in [2.05, 4.69) is 5.32 Å². The Morgan fingerprint density at radius 3 is 2.59 bits per heavy atom. The summed E-state index contributed by atoms with van der Waals surface area (Å²) in [6, 6.07) is 0. The van der Waals surface area contributed by atoms with Crippen LogP contribution < -0.4 is 5.32 Å². The highest BCUT2D eigenvalue weighted by molar-refractivity contribution is 5.81. The summed E-state index contributed by atoms with van der Waals surface area (Å²) < 4.78 is 0. The van der Waals surface area contributed by atoms with Gasteiger partial charge in [0.2, 0.25) is 5.91 Å². The van der Waals surface area contributed by atoms with Crippen LogP contribution in [0.4, 0.5) is 0 Å². The van der Waals surface area contributed by atoms with Gasteiger partial charge in [0.05, 0.1) is 5.92 Å². The Morgan fingerprint density at radius 1 is 1.12 bits per heavy atom. The van der Waals surface area contributed by atoms with Crippen molar-refractivity contribution in [3.63, 3.8) is 0 Å². The van der Waals surface area contributed by atoms with E-state index in [1.54, 1.807) is 0 Å². The second-order valence-corrected chi connectivity index (χ2v) is 4.97. The van der Waals surface area contributed by atoms with Crippen molar-refractivity contribution in [1.82, 2.24) is 10.2 Å². The van der Waals surface area contributed by atoms with E-state index in [9.17, 15) is 9.59 Å². The maximum atomic E-state index is 12.2. The molecule has 96 valence electrons. The van der Waals surface area contributed by atoms with E-state index < -0.39 is 5.97 Å². The number of rotatable bonds is 2. The Bertz CT molecular complexity index is 298. The summed E-state index contributed by atoms with van der Waals surface area (Å²) >= 11 is 0. The van der Waals surface area contributed by atoms with Gasteiger partial charge in [0.1, 0.15) is 0 Å². The number of aliphatic carboxylic acids is 1. The number of carbonyl (C=O) groups excluding carboxylic acids is 1. The molecule has 0 unspecified atom stereocenters. The minimum Gasteiger partial charge on any atom is -0.481 e. The van der Waals surface area contributed by atoms with E-state index in [1.165, 1.54) is 0 Å². The average Bonchev–Trinajstić information content (AvgIpc) is 2.65. The van der Waals surface area contributed by atoms with Gasteiger partial charge in [-0.1, -0.05) is 0 Å². The lowest BCUT2D eigenvalue weighted by molar-refractivity contribution is -0.141. The molecule has 0 aromatic heterocycles. The number of nitrogens with one attached hydrogen (secondary N) is 1. The van der Waals surface area contributed by atoms with Crippen molar-refractivity contribution in [2.45, 2.75) is 25.7 Å². The molecule has 0 aromatic rings. The van der Waals surface area contributed by atoms with Crippen LogP contribution in [0.2, 0.25) is 0 Å². The number of hydrogen-bond donors (Lipinski definition) is 2. The first kappa shape index (κ1) is 12.4. The molecule has 0 aromatic carbocycles. The van der Waals surface area contributed by atoms with Gasteiger partial charge in [0.15, 0.2) is 0 Å². The first-order chi connectivity index (χ1) is 8.18. The summed E-state index contributed by atoms with van der Waals surface area (Å²) in [6.07, 6.45) is 2.90. The number of nitrogens with zero attached hydrogens (tertiary/aromatic N) is 1. The van der Waals surface area contributed by atoms with Crippen LogP contribution >= 0.6 is 0 Å². The van der Waals surface area contributed by atoms with E-state index in [4.69, 9.17) is 5.11 Å². The van der Waals surface area contributed by atoms with Crippen LogP contribution in [0.1, 0.15) is 25.7 Å². The molecule has 2 fully saturated rings. The highest BCUT2D eigenvalue weighted by Crippen LogP contribution is 2.32. The normalized spacial score (nSPS) is 30.0. The van der Waals surface area contributed by atoms with Crippen molar-refractivity contribution in [3.05, 3.63) is 0 Å². The first-order valence-electron chi connectivity index (χ1n) is 6.41. The fourth-order valence-electron chi connectivity index (χ4n) is 2.75. The highest BCUT2D eigenvalue weighted by Gasteiger charge is 2.35. The largest absolute Gasteiger partial charge is 0.481 e. The molecule has 1 saturated heterocycles. The lowest BCUT2D eigenvalue weighted by Gasteiger charge is -2.23. The van der Waals surface area contributed by atoms with Crippen LogP contribution in [-0.2, 0) is 9.59 Å². The zero-order chi connectivity index (χ0) is 12.3. The molecule has 2 aliphatic rings. The molecule has 1 aliphatic heterocycles. The Kier molecular flexibility index (Phi) is 3.99. The Balaban J connectivity index is 1.89. The zero-order valence-electron chi connectivity index (χ0n) is 10.0. The second kappa shape index (κ2) is 5.49. The number of hydrogen-bond acceptors (Lipinski definition) is 3. The van der Waals surface area contributed by atoms with Gasteiger partial charge in [-0.15, -0.1) is 0 Å². The predicted molar refractivity (Wildman–Crippen MR) is 62.5 cm³/mol. The summed E-state index contributed by atoms with van der Waals surface area (Å²) in [6.45, 7) is 3.38. The summed E-state index contributed by atoms with van der Waals surface area (Å²) in [5.41, 5.74) is 0. The maximum absolute atomic E-state index is 12.2. The number of carboxylic acid groups (broad SMARTS) is 1. The Labute approximate surface area is 101 Å². The van der Waals surface area contributed by atoms with Gasteiger partial charge in [-0.25, -0.2) is 0 Å². The van der Waals surface area contributed by atoms with E-state index >= 15 is 0 Å². The van der Waals surface area contributed by atoms with Crippen molar-refractivity contribution in [2.24, 2.45) is 11.8 Å². The molecule has 1 heterocycles. The molecule has 0 radical (unpaired) electrons. The van der Waals surface area contributed by atoms with E-state index in [0.717, 1.165) is 39.0 Å². The molecule has 2 atom stereocenters. The van der Waals surface area contributed by atoms with E-state index in [0.29, 0.717) is 12.8 Å². The lowest BCUT2D eigenvalue weighted by atomic mass is 10.0. The van der Waals surface area contributed by atoms with Gasteiger partial charge in [-0.05, 0) is 32.2 Å². The third kappa shape index (κ3) is 2.97. The lowest BCUT2D eigenvalue weighted by Crippen LogP contribution is -2.38. The zero-order valence-corrected chi connectivity index (χ0v) is 10.0. The van der Waals surface area contributed by atoms with Crippen molar-refractivity contribution in [2.75, 3.05) is 26.2 Å². The molecule has 1 amide bonds. The summed E-state index contributed by atoms with van der Waals surface area (Å²) in [7, 11) is 0. The maximum Gasteiger partial charge on any atom is 0.306 e. The monoisotopic (exact) mass is 240 g/mol. The summed E-state index contributed by atoms with van der Waals surface area (Å²) in [5, 5.41) is 12.2. The molecule has 5 heteroatoms. The quantitative estimate of drug-likeness (QED) is 0.729. The van der Waals surface area contributed by atoms with Crippen LogP contribution in [-0.4, -0.2) is 48.1 Å². The van der Waals surface area contributed by atoms with Crippen molar-refractivity contribution in [3.8, 4) is 0 Å². The third-order valence-corrected chi connectivity index (χ3v) is 3.78. The van der Waals surface area contributed by atoms with Gasteiger partial charge in [-0.3, -0.25) is 9.59 Å². The minimum absolute atomic E-state index is 0.0609. The minimum atomic E-state index is -0.752. The molecular weight excluding hydrogens is 220 g/mol. The summed E-state index contributed by atoms with van der Waals surface area (Å²) in [5.74, 6) is -0.960. The van der Waals surface area contributed by atoms with Crippen LogP contribution in [0, 0.1) is 11.8 Å². The topological polar surface area (TPSA) is 69.6 Å². The molecule has 2 rings (SSSR count). The molecule has 1 saturated carbocycles. The number of carbonyl (C=O) groups is 2. The summed E-state index contributed by atoms with van der Waals surface area (Å²) in [4.78, 5) is 25.0. The fourth-order valence-corrected chi connectivity index (χ4v) is 2.75. The molecule has 17 heavy (non-hydrogen) atoms. The van der Waals surface area contributed by atoms with Crippen LogP contribution in [0.25, 0.3) is 0 Å². The van der Waals surface area contributed by atoms with Gasteiger partial charge in [0, 0.05) is 25.6 Å². The smallest absolute Gasteiger partial charge is 0.306 e. The predicted octanol–water partition coefficient (Wildman–Crippen LogP) is 0.309. The van der Waals surface area contributed by atoms with E-state index in [-0.39, 0.29) is 17.7 Å². The number of amides is 1. The highest BCUT2D eigenvalue weighted by atomic mass is 16.4. The Hall–Kier alpha value is -1.10. The van der Waals surface area contributed by atoms with Crippen LogP contribution in [0.5, 0.6) is 0 Å². The standard InChI is InChI=1S/C12H20N2O3/c15-11(14-6-1-4-13-5-7-14)9-2-3-10(8-9)12(16)17/h9-10,13H,1-8H2,(H,16,17)/t9-,10+/m1/s1. The van der Waals surface area contributed by atoms with Crippen LogP contribution in [0.3, 0.4) is 0 Å². The molecule has 0 spiro atoms. The molecular formula is C12H20N2O3. The van der Waals surface area contributed by atoms with Crippen molar-refractivity contribution < 1.29 is 14.7 Å². The van der Waals surface area contributed by atoms with Crippen molar-refractivity contribution in [1.29, 1.82) is 0 Å². The van der Waals surface area contributed by atoms with Crippen LogP contribution in [0.15, 0.2) is 0 Å². The third-order valence-electron chi connectivity index (χ3n) is 3.78. The second-order valence-electron chi connectivity index (χ2n) is 4.97. The average molecular weight is 240 g/mol. The molecule has 2 N–H and O–H groups in total. The van der Waals surface area contributed by atoms with E-state index in [1.807, 2.05) is 4.90 Å². The molecule has 0 bridgehead atoms. The van der Waals surface area contributed by atoms with Gasteiger partial charge in [-0.2, -0.15) is 0 Å². The van der Waals surface area contributed by atoms with Gasteiger partial charge in [0.25, 0.3) is 0 Å². The first-order valence-corrected chi connectivity index (χ1v) is 6.41. The molecule has 1 aliphatic carbocycles. The van der Waals surface area contributed by atoms with Gasteiger partial charge >= 0.3 is 5.97 Å². The molecule has 5 nitrogen and oxygen atoms in total. The number of carboxylic acids is 1. The van der Waals surface area contributed by atoms with Crippen molar-refractivity contribution >= 4 is 11.9 Å².